The molecule has 2 N–H and O–H groups in total. The molecular formula is C18H19BrN2O2. The molecule has 2 amide bonds. The van der Waals surface area contributed by atoms with Crippen LogP contribution in [0.4, 0.5) is 5.69 Å². The first kappa shape index (κ1) is 17.2. The second-order valence-corrected chi connectivity index (χ2v) is 6.30. The Hall–Kier alpha value is -2.14. The van der Waals surface area contributed by atoms with E-state index in [0.29, 0.717) is 12.1 Å². The van der Waals surface area contributed by atoms with Gasteiger partial charge in [-0.05, 0) is 49.7 Å². The molecule has 0 saturated carbocycles. The average molecular weight is 375 g/mol. The van der Waals surface area contributed by atoms with Crippen molar-refractivity contribution in [2.45, 2.75) is 20.3 Å². The molecule has 4 nitrogen and oxygen atoms in total. The molecule has 0 aliphatic heterocycles. The van der Waals surface area contributed by atoms with Gasteiger partial charge in [0.25, 0.3) is 5.91 Å². The highest BCUT2D eigenvalue weighted by Crippen LogP contribution is 2.16. The number of carbonyl (C=O) groups is 2. The topological polar surface area (TPSA) is 58.2 Å². The Labute approximate surface area is 144 Å². The molecule has 0 radical (unpaired) electrons. The largest absolute Gasteiger partial charge is 0.352 e. The fourth-order valence-corrected chi connectivity index (χ4v) is 2.42. The lowest BCUT2D eigenvalue weighted by molar-refractivity contribution is -0.116. The van der Waals surface area contributed by atoms with Gasteiger partial charge in [0, 0.05) is 28.7 Å². The Morgan fingerprint density at radius 1 is 1.04 bits per heavy atom. The van der Waals surface area contributed by atoms with Crippen molar-refractivity contribution in [3.05, 3.63) is 63.6 Å². The van der Waals surface area contributed by atoms with E-state index < -0.39 is 0 Å². The summed E-state index contributed by atoms with van der Waals surface area (Å²) in [7, 11) is 0. The third kappa shape index (κ3) is 5.21. The first-order valence-corrected chi connectivity index (χ1v) is 8.16. The van der Waals surface area contributed by atoms with Gasteiger partial charge in [0.1, 0.15) is 0 Å². The van der Waals surface area contributed by atoms with Crippen LogP contribution in [-0.2, 0) is 4.79 Å². The Morgan fingerprint density at radius 3 is 2.39 bits per heavy atom. The Bertz CT molecular complexity index is 711. The van der Waals surface area contributed by atoms with Crippen molar-refractivity contribution in [2.75, 3.05) is 11.9 Å². The molecule has 0 aliphatic carbocycles. The Morgan fingerprint density at radius 2 is 1.74 bits per heavy atom. The second kappa shape index (κ2) is 7.92. The highest BCUT2D eigenvalue weighted by molar-refractivity contribution is 9.10. The lowest BCUT2D eigenvalue weighted by atomic mass is 10.1. The van der Waals surface area contributed by atoms with Crippen molar-refractivity contribution < 1.29 is 9.59 Å². The lowest BCUT2D eigenvalue weighted by Gasteiger charge is -2.10. The van der Waals surface area contributed by atoms with Gasteiger partial charge in [-0.25, -0.2) is 0 Å². The first-order chi connectivity index (χ1) is 11.0. The van der Waals surface area contributed by atoms with E-state index in [-0.39, 0.29) is 18.2 Å². The van der Waals surface area contributed by atoms with Crippen molar-refractivity contribution in [3.8, 4) is 0 Å². The fraction of sp³-hybridized carbons (Fsp3) is 0.222. The van der Waals surface area contributed by atoms with E-state index in [4.69, 9.17) is 0 Å². The maximum absolute atomic E-state index is 11.9. The molecule has 5 heteroatoms. The molecule has 0 atom stereocenters. The fourth-order valence-electron chi connectivity index (χ4n) is 2.16. The van der Waals surface area contributed by atoms with E-state index in [1.165, 1.54) is 0 Å². The number of hydrogen-bond donors (Lipinski definition) is 2. The lowest BCUT2D eigenvalue weighted by Crippen LogP contribution is -2.27. The van der Waals surface area contributed by atoms with Crippen LogP contribution in [0.15, 0.2) is 46.9 Å². The van der Waals surface area contributed by atoms with Gasteiger partial charge in [-0.15, -0.1) is 0 Å². The molecule has 0 saturated heterocycles. The zero-order chi connectivity index (χ0) is 16.8. The van der Waals surface area contributed by atoms with Gasteiger partial charge < -0.3 is 10.6 Å². The summed E-state index contributed by atoms with van der Waals surface area (Å²) in [6.45, 7) is 4.26. The smallest absolute Gasteiger partial charge is 0.251 e. The second-order valence-electron chi connectivity index (χ2n) is 5.38. The third-order valence-corrected chi connectivity index (χ3v) is 3.93. The Kier molecular flexibility index (Phi) is 5.93. The SMILES string of the molecule is Cc1ccc(NC(=O)CCNC(=O)c2ccc(Br)cc2)c(C)c1. The summed E-state index contributed by atoms with van der Waals surface area (Å²) < 4.78 is 0.918. The van der Waals surface area contributed by atoms with Crippen molar-refractivity contribution in [3.63, 3.8) is 0 Å². The molecule has 0 spiro atoms. The zero-order valence-electron chi connectivity index (χ0n) is 13.2. The quantitative estimate of drug-likeness (QED) is 0.835. The zero-order valence-corrected chi connectivity index (χ0v) is 14.7. The van der Waals surface area contributed by atoms with Crippen LogP contribution < -0.4 is 10.6 Å². The molecule has 0 fully saturated rings. The maximum atomic E-state index is 11.9. The standard InChI is InChI=1S/C18H19BrN2O2/c1-12-3-8-16(13(2)11-12)21-17(22)9-10-20-18(23)14-4-6-15(19)7-5-14/h3-8,11H,9-10H2,1-2H3,(H,20,23)(H,21,22). The molecule has 0 unspecified atom stereocenters. The van der Waals surface area contributed by atoms with E-state index in [0.717, 1.165) is 21.3 Å². The first-order valence-electron chi connectivity index (χ1n) is 7.36. The third-order valence-electron chi connectivity index (χ3n) is 3.40. The molecule has 0 aromatic heterocycles. The predicted octanol–water partition coefficient (Wildman–Crippen LogP) is 3.82. The van der Waals surface area contributed by atoms with Crippen LogP contribution in [-0.4, -0.2) is 18.4 Å². The molecule has 0 aliphatic rings. The van der Waals surface area contributed by atoms with E-state index in [9.17, 15) is 9.59 Å². The minimum Gasteiger partial charge on any atom is -0.352 e. The number of anilines is 1. The van der Waals surface area contributed by atoms with Crippen LogP contribution in [0.2, 0.25) is 0 Å². The van der Waals surface area contributed by atoms with Gasteiger partial charge in [-0.2, -0.15) is 0 Å². The molecule has 2 rings (SSSR count). The number of benzene rings is 2. The highest BCUT2D eigenvalue weighted by Gasteiger charge is 2.08. The summed E-state index contributed by atoms with van der Waals surface area (Å²) in [4.78, 5) is 23.9. The summed E-state index contributed by atoms with van der Waals surface area (Å²) in [6, 6.07) is 12.9. The molecule has 120 valence electrons. The van der Waals surface area contributed by atoms with Crippen LogP contribution in [0.3, 0.4) is 0 Å². The molecular weight excluding hydrogens is 356 g/mol. The van der Waals surface area contributed by atoms with Crippen LogP contribution in [0.1, 0.15) is 27.9 Å². The molecule has 0 heterocycles. The number of rotatable bonds is 5. The van der Waals surface area contributed by atoms with Gasteiger partial charge in [0.05, 0.1) is 0 Å². The highest BCUT2D eigenvalue weighted by atomic mass is 79.9. The van der Waals surface area contributed by atoms with Crippen LogP contribution in [0, 0.1) is 13.8 Å². The summed E-state index contributed by atoms with van der Waals surface area (Å²) in [5.41, 5.74) is 3.56. The summed E-state index contributed by atoms with van der Waals surface area (Å²) in [5, 5.41) is 5.61. The predicted molar refractivity (Wildman–Crippen MR) is 95.6 cm³/mol. The number of halogens is 1. The molecule has 2 aromatic rings. The molecule has 2 aromatic carbocycles. The number of amides is 2. The van der Waals surface area contributed by atoms with Gasteiger partial charge >= 0.3 is 0 Å². The van der Waals surface area contributed by atoms with E-state index in [2.05, 4.69) is 26.6 Å². The molecule has 23 heavy (non-hydrogen) atoms. The van der Waals surface area contributed by atoms with Gasteiger partial charge in [-0.3, -0.25) is 9.59 Å². The van der Waals surface area contributed by atoms with E-state index in [1.54, 1.807) is 12.1 Å². The van der Waals surface area contributed by atoms with Gasteiger partial charge in [-0.1, -0.05) is 33.6 Å². The van der Waals surface area contributed by atoms with Gasteiger partial charge in [0.2, 0.25) is 5.91 Å². The monoisotopic (exact) mass is 374 g/mol. The maximum Gasteiger partial charge on any atom is 0.251 e. The number of nitrogens with one attached hydrogen (secondary N) is 2. The summed E-state index contributed by atoms with van der Waals surface area (Å²) in [6.07, 6.45) is 0.232. The minimum absolute atomic E-state index is 0.118. The molecule has 0 bridgehead atoms. The van der Waals surface area contributed by atoms with Crippen LogP contribution in [0.5, 0.6) is 0 Å². The van der Waals surface area contributed by atoms with Crippen molar-refractivity contribution >= 4 is 33.4 Å². The number of carbonyl (C=O) groups excluding carboxylic acids is 2. The average Bonchev–Trinajstić information content (AvgIpc) is 2.50. The van der Waals surface area contributed by atoms with Crippen LogP contribution in [0.25, 0.3) is 0 Å². The van der Waals surface area contributed by atoms with E-state index in [1.807, 2.05) is 44.2 Å². The van der Waals surface area contributed by atoms with Crippen molar-refractivity contribution in [1.82, 2.24) is 5.32 Å². The van der Waals surface area contributed by atoms with E-state index >= 15 is 0 Å². The number of aryl methyl sites for hydroxylation is 2. The van der Waals surface area contributed by atoms with Crippen LogP contribution >= 0.6 is 15.9 Å². The van der Waals surface area contributed by atoms with Crippen molar-refractivity contribution in [2.24, 2.45) is 0 Å². The normalized spacial score (nSPS) is 10.2. The van der Waals surface area contributed by atoms with Gasteiger partial charge in [0.15, 0.2) is 0 Å². The minimum atomic E-state index is -0.184. The number of hydrogen-bond acceptors (Lipinski definition) is 2. The Balaban J connectivity index is 1.80. The summed E-state index contributed by atoms with van der Waals surface area (Å²) in [5.74, 6) is -0.301. The summed E-state index contributed by atoms with van der Waals surface area (Å²) >= 11 is 3.32. The van der Waals surface area contributed by atoms with Crippen molar-refractivity contribution in [1.29, 1.82) is 0 Å².